The second-order valence-electron chi connectivity index (χ2n) is 7.25. The van der Waals surface area contributed by atoms with Crippen LogP contribution in [-0.4, -0.2) is 49.6 Å². The van der Waals surface area contributed by atoms with Crippen molar-refractivity contribution in [2.24, 2.45) is 5.92 Å². The lowest BCUT2D eigenvalue weighted by Gasteiger charge is -2.39. The van der Waals surface area contributed by atoms with Gasteiger partial charge in [-0.25, -0.2) is 0 Å². The Kier molecular flexibility index (Phi) is 6.17. The predicted molar refractivity (Wildman–Crippen MR) is 98.3 cm³/mol. The van der Waals surface area contributed by atoms with Crippen molar-refractivity contribution in [3.63, 3.8) is 0 Å². The minimum atomic E-state index is 0.106. The zero-order chi connectivity index (χ0) is 16.9. The summed E-state index contributed by atoms with van der Waals surface area (Å²) >= 11 is 3.40. The molecule has 5 heteroatoms. The summed E-state index contributed by atoms with van der Waals surface area (Å²) in [4.78, 5) is 16.0. The van der Waals surface area contributed by atoms with Gasteiger partial charge in [-0.05, 0) is 43.0 Å². The van der Waals surface area contributed by atoms with Gasteiger partial charge in [-0.3, -0.25) is 4.79 Å². The molecule has 0 radical (unpaired) electrons. The summed E-state index contributed by atoms with van der Waals surface area (Å²) < 4.78 is 6.63. The zero-order valence-electron chi connectivity index (χ0n) is 14.5. The average molecular weight is 396 g/mol. The fourth-order valence-electron chi connectivity index (χ4n) is 4.02. The van der Waals surface area contributed by atoms with Gasteiger partial charge in [-0.2, -0.15) is 0 Å². The molecule has 1 aliphatic carbocycles. The largest absolute Gasteiger partial charge is 0.484 e. The Morgan fingerprint density at radius 1 is 1.25 bits per heavy atom. The third-order valence-electron chi connectivity index (χ3n) is 5.45. The number of piperazine rings is 1. The van der Waals surface area contributed by atoms with Crippen LogP contribution in [0.2, 0.25) is 0 Å². The maximum atomic E-state index is 12.4. The highest BCUT2D eigenvalue weighted by atomic mass is 79.9. The maximum absolute atomic E-state index is 12.4. The van der Waals surface area contributed by atoms with Gasteiger partial charge >= 0.3 is 0 Å². The van der Waals surface area contributed by atoms with Crippen molar-refractivity contribution < 1.29 is 14.4 Å². The van der Waals surface area contributed by atoms with Crippen LogP contribution < -0.4 is 9.64 Å². The van der Waals surface area contributed by atoms with Crippen molar-refractivity contribution in [1.29, 1.82) is 0 Å². The molecule has 1 N–H and O–H groups in total. The summed E-state index contributed by atoms with van der Waals surface area (Å²) in [5.41, 5.74) is 0. The highest BCUT2D eigenvalue weighted by molar-refractivity contribution is 9.10. The van der Waals surface area contributed by atoms with E-state index in [0.717, 1.165) is 48.4 Å². The SMILES string of the molecule is C[C@H]1CCC[C@@H]([NH+]2CCN(C(=O)COc3ccc(Br)cc3)CC2)C1. The van der Waals surface area contributed by atoms with Crippen LogP contribution in [0.15, 0.2) is 28.7 Å². The number of nitrogens with one attached hydrogen (secondary N) is 1. The standard InChI is InChI=1S/C19H27BrN2O2/c1-15-3-2-4-17(13-15)21-9-11-22(12-10-21)19(23)14-24-18-7-5-16(20)6-8-18/h5-8,15,17H,2-4,9-14H2,1H3/p+1/t15-,17+/m0/s1. The zero-order valence-corrected chi connectivity index (χ0v) is 16.1. The molecule has 1 amide bonds. The molecule has 3 rings (SSSR count). The molecule has 24 heavy (non-hydrogen) atoms. The van der Waals surface area contributed by atoms with Crippen LogP contribution in [0.5, 0.6) is 5.75 Å². The smallest absolute Gasteiger partial charge is 0.260 e. The Labute approximate surface area is 153 Å². The number of halogens is 1. The lowest BCUT2D eigenvalue weighted by atomic mass is 9.86. The van der Waals surface area contributed by atoms with E-state index >= 15 is 0 Å². The van der Waals surface area contributed by atoms with E-state index in [9.17, 15) is 4.79 Å². The van der Waals surface area contributed by atoms with Crippen LogP contribution in [0.4, 0.5) is 0 Å². The fourth-order valence-corrected chi connectivity index (χ4v) is 4.29. The summed E-state index contributed by atoms with van der Waals surface area (Å²) in [6, 6.07) is 8.41. The van der Waals surface area contributed by atoms with Crippen LogP contribution >= 0.6 is 15.9 Å². The topological polar surface area (TPSA) is 34.0 Å². The van der Waals surface area contributed by atoms with Gasteiger partial charge in [0.2, 0.25) is 0 Å². The summed E-state index contributed by atoms with van der Waals surface area (Å²) in [7, 11) is 0. The second kappa shape index (κ2) is 8.34. The summed E-state index contributed by atoms with van der Waals surface area (Å²) in [5.74, 6) is 1.72. The molecule has 2 aliphatic rings. The minimum absolute atomic E-state index is 0.106. The van der Waals surface area contributed by atoms with Gasteiger partial charge in [0.25, 0.3) is 5.91 Å². The first kappa shape index (κ1) is 17.7. The number of benzene rings is 1. The molecular formula is C19H28BrN2O2+. The van der Waals surface area contributed by atoms with Crippen LogP contribution in [0.25, 0.3) is 0 Å². The van der Waals surface area contributed by atoms with E-state index in [2.05, 4.69) is 22.9 Å². The van der Waals surface area contributed by atoms with Crippen LogP contribution in [-0.2, 0) is 4.79 Å². The molecule has 4 nitrogen and oxygen atoms in total. The molecule has 0 bridgehead atoms. The first-order chi connectivity index (χ1) is 11.6. The number of rotatable bonds is 4. The van der Waals surface area contributed by atoms with Crippen molar-refractivity contribution >= 4 is 21.8 Å². The number of carbonyl (C=O) groups excluding carboxylic acids is 1. The Morgan fingerprint density at radius 3 is 2.62 bits per heavy atom. The normalized spacial score (nSPS) is 25.5. The minimum Gasteiger partial charge on any atom is -0.484 e. The molecule has 1 saturated carbocycles. The Morgan fingerprint density at radius 2 is 1.96 bits per heavy atom. The fraction of sp³-hybridized carbons (Fsp3) is 0.632. The van der Waals surface area contributed by atoms with E-state index in [0.29, 0.717) is 0 Å². The van der Waals surface area contributed by atoms with Gasteiger partial charge in [0, 0.05) is 10.9 Å². The number of carbonyl (C=O) groups is 1. The second-order valence-corrected chi connectivity index (χ2v) is 8.17. The van der Waals surface area contributed by atoms with E-state index in [4.69, 9.17) is 4.74 Å². The lowest BCUT2D eigenvalue weighted by Crippen LogP contribution is -3.18. The molecule has 132 valence electrons. The molecule has 1 aromatic carbocycles. The summed E-state index contributed by atoms with van der Waals surface area (Å²) in [6.07, 6.45) is 5.48. The molecule has 1 saturated heterocycles. The first-order valence-electron chi connectivity index (χ1n) is 9.12. The monoisotopic (exact) mass is 395 g/mol. The van der Waals surface area contributed by atoms with Gasteiger partial charge in [0.05, 0.1) is 32.2 Å². The van der Waals surface area contributed by atoms with E-state index < -0.39 is 0 Å². The van der Waals surface area contributed by atoms with Crippen molar-refractivity contribution in [2.45, 2.75) is 38.6 Å². The molecule has 2 fully saturated rings. The molecular weight excluding hydrogens is 368 g/mol. The number of amides is 1. The van der Waals surface area contributed by atoms with Gasteiger partial charge < -0.3 is 14.5 Å². The Balaban J connectivity index is 1.42. The number of ether oxygens (including phenoxy) is 1. The van der Waals surface area contributed by atoms with Crippen LogP contribution in [0.1, 0.15) is 32.6 Å². The Bertz CT molecular complexity index is 541. The lowest BCUT2D eigenvalue weighted by molar-refractivity contribution is -0.930. The van der Waals surface area contributed by atoms with Crippen molar-refractivity contribution in [3.8, 4) is 5.75 Å². The van der Waals surface area contributed by atoms with Gasteiger partial charge in [0.1, 0.15) is 5.75 Å². The number of hydrogen-bond acceptors (Lipinski definition) is 2. The molecule has 0 unspecified atom stereocenters. The van der Waals surface area contributed by atoms with Crippen molar-refractivity contribution in [2.75, 3.05) is 32.8 Å². The van der Waals surface area contributed by atoms with Crippen molar-refractivity contribution in [1.82, 2.24) is 4.90 Å². The van der Waals surface area contributed by atoms with Crippen LogP contribution in [0.3, 0.4) is 0 Å². The van der Waals surface area contributed by atoms with Crippen molar-refractivity contribution in [3.05, 3.63) is 28.7 Å². The first-order valence-corrected chi connectivity index (χ1v) is 9.92. The average Bonchev–Trinajstić information content (AvgIpc) is 2.61. The molecule has 1 aromatic rings. The number of nitrogens with zero attached hydrogens (tertiary/aromatic N) is 1. The molecule has 2 atom stereocenters. The van der Waals surface area contributed by atoms with Gasteiger partial charge in [-0.1, -0.05) is 29.3 Å². The molecule has 1 heterocycles. The third-order valence-corrected chi connectivity index (χ3v) is 5.98. The molecule has 0 spiro atoms. The van der Waals surface area contributed by atoms with Gasteiger partial charge in [0.15, 0.2) is 6.61 Å². The maximum Gasteiger partial charge on any atom is 0.260 e. The highest BCUT2D eigenvalue weighted by Crippen LogP contribution is 2.22. The summed E-state index contributed by atoms with van der Waals surface area (Å²) in [6.45, 7) is 6.41. The molecule has 1 aliphatic heterocycles. The van der Waals surface area contributed by atoms with Crippen LogP contribution in [0, 0.1) is 5.92 Å². The predicted octanol–water partition coefficient (Wildman–Crippen LogP) is 2.13. The Hall–Kier alpha value is -1.07. The quantitative estimate of drug-likeness (QED) is 0.846. The summed E-state index contributed by atoms with van der Waals surface area (Å²) in [5, 5.41) is 0. The molecule has 0 aromatic heterocycles. The van der Waals surface area contributed by atoms with Gasteiger partial charge in [-0.15, -0.1) is 0 Å². The van der Waals surface area contributed by atoms with E-state index in [1.165, 1.54) is 25.7 Å². The third kappa shape index (κ3) is 4.73. The number of quaternary nitrogens is 1. The van der Waals surface area contributed by atoms with E-state index in [1.54, 1.807) is 4.90 Å². The number of hydrogen-bond donors (Lipinski definition) is 1. The van der Waals surface area contributed by atoms with E-state index in [-0.39, 0.29) is 12.5 Å². The van der Waals surface area contributed by atoms with E-state index in [1.807, 2.05) is 29.2 Å². The highest BCUT2D eigenvalue weighted by Gasteiger charge is 2.31.